The lowest BCUT2D eigenvalue weighted by Gasteiger charge is -2.14. The summed E-state index contributed by atoms with van der Waals surface area (Å²) in [5.41, 5.74) is 8.05. The number of hydrogen-bond donors (Lipinski definition) is 2. The highest BCUT2D eigenvalue weighted by Crippen LogP contribution is 2.18. The largest absolute Gasteiger partial charge is 0.392 e. The van der Waals surface area contributed by atoms with Crippen LogP contribution in [0.3, 0.4) is 0 Å². The quantitative estimate of drug-likeness (QED) is 0.884. The Labute approximate surface area is 99.6 Å². The summed E-state index contributed by atoms with van der Waals surface area (Å²) in [6.07, 6.45) is 1.17. The van der Waals surface area contributed by atoms with E-state index in [1.54, 1.807) is 0 Å². The molecule has 0 saturated carbocycles. The molecule has 0 aliphatic rings. The van der Waals surface area contributed by atoms with E-state index in [0.717, 1.165) is 10.9 Å². The van der Waals surface area contributed by atoms with Crippen LogP contribution in [0.15, 0.2) is 22.7 Å². The smallest absolute Gasteiger partial charge is 0.0691 e. The third kappa shape index (κ3) is 3.93. The van der Waals surface area contributed by atoms with Crippen LogP contribution >= 0.6 is 15.9 Å². The normalized spacial score (nSPS) is 15.0. The van der Waals surface area contributed by atoms with Crippen LogP contribution in [0.5, 0.6) is 0 Å². The van der Waals surface area contributed by atoms with E-state index >= 15 is 0 Å². The zero-order valence-corrected chi connectivity index (χ0v) is 10.8. The molecule has 3 N–H and O–H groups in total. The molecule has 0 amide bonds. The summed E-state index contributed by atoms with van der Waals surface area (Å²) in [6.45, 7) is 3.89. The van der Waals surface area contributed by atoms with E-state index in [-0.39, 0.29) is 6.04 Å². The van der Waals surface area contributed by atoms with E-state index in [0.29, 0.717) is 6.42 Å². The molecule has 0 aliphatic heterocycles. The number of halogens is 1. The molecule has 0 spiro atoms. The average molecular weight is 272 g/mol. The lowest BCUT2D eigenvalue weighted by Crippen LogP contribution is -2.31. The van der Waals surface area contributed by atoms with E-state index in [2.05, 4.69) is 41.1 Å². The van der Waals surface area contributed by atoms with Crippen molar-refractivity contribution in [3.63, 3.8) is 0 Å². The molecule has 0 fully saturated rings. The summed E-state index contributed by atoms with van der Waals surface area (Å²) < 4.78 is 1.12. The number of benzene rings is 1. The second kappa shape index (κ2) is 5.64. The molecule has 2 nitrogen and oxygen atoms in total. The number of nitrogens with two attached hydrogens (primary N) is 1. The van der Waals surface area contributed by atoms with Gasteiger partial charge in [0.25, 0.3) is 0 Å². The van der Waals surface area contributed by atoms with E-state index in [4.69, 9.17) is 5.73 Å². The predicted molar refractivity (Wildman–Crippen MR) is 66.9 cm³/mol. The molecule has 0 heterocycles. The molecule has 3 heteroatoms. The van der Waals surface area contributed by atoms with Crippen LogP contribution in [0.25, 0.3) is 0 Å². The minimum absolute atomic E-state index is 0.154. The Kier molecular flexibility index (Phi) is 4.77. The molecule has 1 aromatic carbocycles. The summed E-state index contributed by atoms with van der Waals surface area (Å²) in [5.74, 6) is 0. The number of aliphatic hydroxyl groups is 1. The van der Waals surface area contributed by atoms with Gasteiger partial charge in [-0.25, -0.2) is 0 Å². The lowest BCUT2D eigenvalue weighted by atomic mass is 10.0. The molecule has 15 heavy (non-hydrogen) atoms. The van der Waals surface area contributed by atoms with Crippen molar-refractivity contribution in [2.45, 2.75) is 38.8 Å². The monoisotopic (exact) mass is 271 g/mol. The molecule has 1 rings (SSSR count). The first-order valence-corrected chi connectivity index (χ1v) is 5.98. The molecule has 0 bridgehead atoms. The lowest BCUT2D eigenvalue weighted by molar-refractivity contribution is 0.141. The Hall–Kier alpha value is -0.380. The first kappa shape index (κ1) is 12.7. The second-order valence-corrected chi connectivity index (χ2v) is 4.90. The van der Waals surface area contributed by atoms with Crippen LogP contribution in [0.4, 0.5) is 0 Å². The van der Waals surface area contributed by atoms with Crippen LogP contribution in [0.2, 0.25) is 0 Å². The molecule has 2 atom stereocenters. The zero-order chi connectivity index (χ0) is 11.4. The second-order valence-electron chi connectivity index (χ2n) is 4.05. The van der Waals surface area contributed by atoms with Crippen molar-refractivity contribution in [1.29, 1.82) is 0 Å². The molecule has 0 aliphatic carbocycles. The van der Waals surface area contributed by atoms with Gasteiger partial charge in [-0.3, -0.25) is 0 Å². The fourth-order valence-electron chi connectivity index (χ4n) is 1.37. The summed E-state index contributed by atoms with van der Waals surface area (Å²) in [7, 11) is 0. The molecule has 0 radical (unpaired) electrons. The van der Waals surface area contributed by atoms with Crippen molar-refractivity contribution in [3.05, 3.63) is 33.8 Å². The summed E-state index contributed by atoms with van der Waals surface area (Å²) in [5, 5.41) is 9.57. The Morgan fingerprint density at radius 3 is 2.67 bits per heavy atom. The number of rotatable bonds is 4. The van der Waals surface area contributed by atoms with Crippen LogP contribution in [-0.2, 0) is 6.42 Å². The van der Waals surface area contributed by atoms with Gasteiger partial charge in [0, 0.05) is 10.5 Å². The SMILES string of the molecule is Cc1ccc(CCC(O)C(C)N)cc1Br. The Bertz CT molecular complexity index is 325. The Morgan fingerprint density at radius 1 is 1.47 bits per heavy atom. The molecular weight excluding hydrogens is 254 g/mol. The van der Waals surface area contributed by atoms with Gasteiger partial charge in [-0.05, 0) is 43.9 Å². The zero-order valence-electron chi connectivity index (χ0n) is 9.20. The minimum Gasteiger partial charge on any atom is -0.392 e. The molecule has 84 valence electrons. The van der Waals surface area contributed by atoms with Gasteiger partial charge in [-0.15, -0.1) is 0 Å². The van der Waals surface area contributed by atoms with Crippen LogP contribution in [0.1, 0.15) is 24.5 Å². The average Bonchev–Trinajstić information content (AvgIpc) is 2.19. The molecule has 0 saturated heterocycles. The van der Waals surface area contributed by atoms with Gasteiger partial charge < -0.3 is 10.8 Å². The van der Waals surface area contributed by atoms with Crippen molar-refractivity contribution in [2.24, 2.45) is 5.73 Å². The Balaban J connectivity index is 2.55. The van der Waals surface area contributed by atoms with Gasteiger partial charge in [0.05, 0.1) is 6.10 Å². The van der Waals surface area contributed by atoms with E-state index < -0.39 is 6.10 Å². The molecule has 1 aromatic rings. The van der Waals surface area contributed by atoms with Gasteiger partial charge in [0.2, 0.25) is 0 Å². The third-order valence-electron chi connectivity index (χ3n) is 2.57. The number of aliphatic hydroxyl groups excluding tert-OH is 1. The minimum atomic E-state index is -0.412. The van der Waals surface area contributed by atoms with E-state index in [1.165, 1.54) is 11.1 Å². The summed E-state index contributed by atoms with van der Waals surface area (Å²) >= 11 is 3.49. The van der Waals surface area contributed by atoms with E-state index in [9.17, 15) is 5.11 Å². The molecule has 0 aromatic heterocycles. The summed E-state index contributed by atoms with van der Waals surface area (Å²) in [4.78, 5) is 0. The highest BCUT2D eigenvalue weighted by atomic mass is 79.9. The van der Waals surface area contributed by atoms with Crippen molar-refractivity contribution in [3.8, 4) is 0 Å². The van der Waals surface area contributed by atoms with Gasteiger partial charge in [-0.1, -0.05) is 28.1 Å². The van der Waals surface area contributed by atoms with Crippen molar-refractivity contribution >= 4 is 15.9 Å². The van der Waals surface area contributed by atoms with Crippen molar-refractivity contribution in [1.82, 2.24) is 0 Å². The highest BCUT2D eigenvalue weighted by molar-refractivity contribution is 9.10. The van der Waals surface area contributed by atoms with Gasteiger partial charge in [0.15, 0.2) is 0 Å². The highest BCUT2D eigenvalue weighted by Gasteiger charge is 2.09. The van der Waals surface area contributed by atoms with Gasteiger partial charge in [0.1, 0.15) is 0 Å². The molecular formula is C12H18BrNO. The third-order valence-corrected chi connectivity index (χ3v) is 3.43. The first-order chi connectivity index (χ1) is 7.00. The van der Waals surface area contributed by atoms with Crippen LogP contribution in [0, 0.1) is 6.92 Å². The maximum Gasteiger partial charge on any atom is 0.0691 e. The van der Waals surface area contributed by atoms with Crippen molar-refractivity contribution in [2.75, 3.05) is 0 Å². The van der Waals surface area contributed by atoms with Gasteiger partial charge >= 0.3 is 0 Å². The molecule has 2 unspecified atom stereocenters. The van der Waals surface area contributed by atoms with E-state index in [1.807, 2.05) is 6.92 Å². The van der Waals surface area contributed by atoms with Crippen molar-refractivity contribution < 1.29 is 5.11 Å². The number of aryl methyl sites for hydroxylation is 2. The van der Waals surface area contributed by atoms with Gasteiger partial charge in [-0.2, -0.15) is 0 Å². The maximum absolute atomic E-state index is 9.57. The standard InChI is InChI=1S/C12H18BrNO/c1-8-3-4-10(7-11(8)13)5-6-12(15)9(2)14/h3-4,7,9,12,15H,5-6,14H2,1-2H3. The Morgan fingerprint density at radius 2 is 2.13 bits per heavy atom. The predicted octanol–water partition coefficient (Wildman–Crippen LogP) is 2.40. The first-order valence-electron chi connectivity index (χ1n) is 5.19. The fourth-order valence-corrected chi connectivity index (χ4v) is 1.80. The topological polar surface area (TPSA) is 46.2 Å². The number of hydrogen-bond acceptors (Lipinski definition) is 2. The fraction of sp³-hybridized carbons (Fsp3) is 0.500. The van der Waals surface area contributed by atoms with Crippen LogP contribution in [-0.4, -0.2) is 17.3 Å². The van der Waals surface area contributed by atoms with Crippen LogP contribution < -0.4 is 5.73 Å². The summed E-state index contributed by atoms with van der Waals surface area (Å²) in [6, 6.07) is 6.12. The maximum atomic E-state index is 9.57.